The number of aliphatic hydroxyl groups excluding tert-OH is 1. The van der Waals surface area contributed by atoms with Crippen LogP contribution in [-0.4, -0.2) is 47.3 Å². The fraction of sp³-hybridized carbons (Fsp3) is 1.00. The molecule has 0 amide bonds. The summed E-state index contributed by atoms with van der Waals surface area (Å²) in [5.41, 5.74) is 0.211. The smallest absolute Gasteiger partial charge is 0.0499 e. The van der Waals surface area contributed by atoms with E-state index in [0.29, 0.717) is 12.6 Å². The average molecular weight is 257 g/mol. The molecule has 0 aromatic rings. The first kappa shape index (κ1) is 13.7. The summed E-state index contributed by atoms with van der Waals surface area (Å²) >= 11 is 2.07. The van der Waals surface area contributed by atoms with Gasteiger partial charge in [-0.15, -0.1) is 0 Å². The van der Waals surface area contributed by atoms with Gasteiger partial charge in [0.05, 0.1) is 0 Å². The van der Waals surface area contributed by atoms with Gasteiger partial charge in [-0.3, -0.25) is 4.90 Å². The lowest BCUT2D eigenvalue weighted by Crippen LogP contribution is -2.49. The minimum absolute atomic E-state index is 0.211. The normalized spacial score (nSPS) is 40.4. The highest BCUT2D eigenvalue weighted by Gasteiger charge is 2.36. The number of rotatable bonds is 3. The zero-order valence-corrected chi connectivity index (χ0v) is 12.1. The summed E-state index contributed by atoms with van der Waals surface area (Å²) in [5.74, 6) is 3.39. The second-order valence-corrected chi connectivity index (χ2v) is 7.38. The van der Waals surface area contributed by atoms with Crippen LogP contribution in [0.1, 0.15) is 39.5 Å². The molecule has 100 valence electrons. The second-order valence-electron chi connectivity index (χ2n) is 6.24. The Bertz CT molecular complexity index is 238. The van der Waals surface area contributed by atoms with Crippen LogP contribution < -0.4 is 0 Å². The Morgan fingerprint density at radius 2 is 2.00 bits per heavy atom. The third-order valence-corrected chi connectivity index (χ3v) is 5.90. The summed E-state index contributed by atoms with van der Waals surface area (Å²) in [4.78, 5) is 2.61. The molecule has 2 aliphatic rings. The first-order valence-corrected chi connectivity index (χ1v) is 8.23. The van der Waals surface area contributed by atoms with Gasteiger partial charge < -0.3 is 5.11 Å². The first-order chi connectivity index (χ1) is 8.15. The Morgan fingerprint density at radius 3 is 2.59 bits per heavy atom. The molecule has 1 heterocycles. The molecule has 1 atom stereocenters. The number of aliphatic hydroxyl groups is 1. The zero-order valence-electron chi connectivity index (χ0n) is 11.3. The van der Waals surface area contributed by atoms with Crippen molar-refractivity contribution in [2.24, 2.45) is 11.3 Å². The lowest BCUT2D eigenvalue weighted by atomic mass is 9.71. The maximum absolute atomic E-state index is 9.81. The van der Waals surface area contributed by atoms with Gasteiger partial charge in [-0.05, 0) is 25.7 Å². The van der Waals surface area contributed by atoms with Gasteiger partial charge in [0.1, 0.15) is 0 Å². The summed E-state index contributed by atoms with van der Waals surface area (Å²) in [6.07, 6.45) is 5.05. The third-order valence-electron chi connectivity index (χ3n) is 4.71. The molecule has 1 aliphatic carbocycles. The standard InChI is InChI=1S/C14H27NOS/c1-12-3-5-14(11-16,6-4-12)10-15-7-8-17-9-13(15)2/h12-13,16H,3-11H2,1-2H3. The Labute approximate surface area is 110 Å². The van der Waals surface area contributed by atoms with Crippen molar-refractivity contribution in [3.8, 4) is 0 Å². The Hall–Kier alpha value is 0.270. The van der Waals surface area contributed by atoms with Crippen molar-refractivity contribution in [3.63, 3.8) is 0 Å². The summed E-state index contributed by atoms with van der Waals surface area (Å²) in [6.45, 7) is 7.40. The van der Waals surface area contributed by atoms with Gasteiger partial charge >= 0.3 is 0 Å². The van der Waals surface area contributed by atoms with Crippen LogP contribution in [0.25, 0.3) is 0 Å². The van der Waals surface area contributed by atoms with Gasteiger partial charge in [-0.1, -0.05) is 19.8 Å². The zero-order chi connectivity index (χ0) is 12.3. The van der Waals surface area contributed by atoms with E-state index in [1.165, 1.54) is 43.7 Å². The maximum Gasteiger partial charge on any atom is 0.0499 e. The van der Waals surface area contributed by atoms with Crippen molar-refractivity contribution in [1.29, 1.82) is 0 Å². The van der Waals surface area contributed by atoms with E-state index in [0.717, 1.165) is 12.5 Å². The molecule has 2 nitrogen and oxygen atoms in total. The molecule has 17 heavy (non-hydrogen) atoms. The molecular formula is C14H27NOS. The van der Waals surface area contributed by atoms with E-state index in [4.69, 9.17) is 0 Å². The van der Waals surface area contributed by atoms with Crippen LogP contribution in [0, 0.1) is 11.3 Å². The fourth-order valence-electron chi connectivity index (χ4n) is 3.17. The molecular weight excluding hydrogens is 230 g/mol. The maximum atomic E-state index is 9.81. The summed E-state index contributed by atoms with van der Waals surface area (Å²) in [6, 6.07) is 0.691. The first-order valence-electron chi connectivity index (χ1n) is 7.08. The number of thioether (sulfide) groups is 1. The minimum Gasteiger partial charge on any atom is -0.396 e. The van der Waals surface area contributed by atoms with Gasteiger partial charge in [-0.2, -0.15) is 11.8 Å². The monoisotopic (exact) mass is 257 g/mol. The van der Waals surface area contributed by atoms with Gasteiger partial charge in [0.15, 0.2) is 0 Å². The molecule has 2 rings (SSSR count). The van der Waals surface area contributed by atoms with Gasteiger partial charge in [0.2, 0.25) is 0 Å². The van der Waals surface area contributed by atoms with E-state index in [1.807, 2.05) is 0 Å². The summed E-state index contributed by atoms with van der Waals surface area (Å²) < 4.78 is 0. The van der Waals surface area contributed by atoms with E-state index in [-0.39, 0.29) is 5.41 Å². The molecule has 3 heteroatoms. The van der Waals surface area contributed by atoms with Crippen LogP contribution in [0.2, 0.25) is 0 Å². The third kappa shape index (κ3) is 3.39. The van der Waals surface area contributed by atoms with Gasteiger partial charge in [0.25, 0.3) is 0 Å². The van der Waals surface area contributed by atoms with Crippen molar-refractivity contribution < 1.29 is 5.11 Å². The average Bonchev–Trinajstić information content (AvgIpc) is 2.35. The highest BCUT2D eigenvalue weighted by molar-refractivity contribution is 7.99. The van der Waals surface area contributed by atoms with Crippen molar-refractivity contribution >= 4 is 11.8 Å². The Morgan fingerprint density at radius 1 is 1.29 bits per heavy atom. The molecule has 1 unspecified atom stereocenters. The van der Waals surface area contributed by atoms with Crippen LogP contribution in [0.3, 0.4) is 0 Å². The van der Waals surface area contributed by atoms with Crippen LogP contribution in [0.4, 0.5) is 0 Å². The molecule has 0 spiro atoms. The molecule has 0 bridgehead atoms. The predicted octanol–water partition coefficient (Wildman–Crippen LogP) is 2.61. The van der Waals surface area contributed by atoms with E-state index in [2.05, 4.69) is 30.5 Å². The molecule has 0 radical (unpaired) electrons. The fourth-order valence-corrected chi connectivity index (χ4v) is 4.25. The van der Waals surface area contributed by atoms with Crippen LogP contribution in [0.5, 0.6) is 0 Å². The van der Waals surface area contributed by atoms with E-state index in [9.17, 15) is 5.11 Å². The largest absolute Gasteiger partial charge is 0.396 e. The van der Waals surface area contributed by atoms with Gasteiger partial charge in [0, 0.05) is 42.7 Å². The molecule has 0 aromatic heterocycles. The van der Waals surface area contributed by atoms with E-state index >= 15 is 0 Å². The molecule has 1 saturated carbocycles. The van der Waals surface area contributed by atoms with Crippen LogP contribution in [-0.2, 0) is 0 Å². The Kier molecular flexibility index (Phi) is 4.79. The molecule has 1 saturated heterocycles. The van der Waals surface area contributed by atoms with Crippen molar-refractivity contribution in [3.05, 3.63) is 0 Å². The lowest BCUT2D eigenvalue weighted by molar-refractivity contribution is 0.0218. The second kappa shape index (κ2) is 5.94. The molecule has 1 aliphatic heterocycles. The number of nitrogens with zero attached hydrogens (tertiary/aromatic N) is 1. The predicted molar refractivity (Wildman–Crippen MR) is 75.5 cm³/mol. The highest BCUT2D eigenvalue weighted by Crippen LogP contribution is 2.39. The SMILES string of the molecule is CC1CCC(CO)(CN2CCSCC2C)CC1. The lowest BCUT2D eigenvalue weighted by Gasteiger charge is -2.44. The van der Waals surface area contributed by atoms with Crippen molar-refractivity contribution in [1.82, 2.24) is 4.90 Å². The van der Waals surface area contributed by atoms with Crippen LogP contribution >= 0.6 is 11.8 Å². The molecule has 2 fully saturated rings. The topological polar surface area (TPSA) is 23.5 Å². The summed E-state index contributed by atoms with van der Waals surface area (Å²) in [7, 11) is 0. The minimum atomic E-state index is 0.211. The van der Waals surface area contributed by atoms with Crippen molar-refractivity contribution in [2.45, 2.75) is 45.6 Å². The van der Waals surface area contributed by atoms with E-state index < -0.39 is 0 Å². The number of hydrogen-bond acceptors (Lipinski definition) is 3. The molecule has 1 N–H and O–H groups in total. The van der Waals surface area contributed by atoms with Crippen molar-refractivity contribution in [2.75, 3.05) is 31.2 Å². The number of hydrogen-bond donors (Lipinski definition) is 1. The quantitative estimate of drug-likeness (QED) is 0.841. The van der Waals surface area contributed by atoms with E-state index in [1.54, 1.807) is 0 Å². The molecule has 0 aromatic carbocycles. The highest BCUT2D eigenvalue weighted by atomic mass is 32.2. The van der Waals surface area contributed by atoms with Crippen LogP contribution in [0.15, 0.2) is 0 Å². The van der Waals surface area contributed by atoms with Gasteiger partial charge in [-0.25, -0.2) is 0 Å². The summed E-state index contributed by atoms with van der Waals surface area (Å²) in [5, 5.41) is 9.81. The Balaban J connectivity index is 1.94.